The van der Waals surface area contributed by atoms with Gasteiger partial charge in [0, 0.05) is 32.1 Å². The Bertz CT molecular complexity index is 207. The first-order valence-electron chi connectivity index (χ1n) is 6.67. The summed E-state index contributed by atoms with van der Waals surface area (Å²) in [5, 5.41) is 3.23. The molecule has 0 fully saturated rings. The molecule has 1 unspecified atom stereocenters. The molecule has 1 atom stereocenters. The molecule has 0 aliphatic heterocycles. The Kier molecular flexibility index (Phi) is 9.09. The van der Waals surface area contributed by atoms with Crippen LogP contribution in [0.2, 0.25) is 0 Å². The van der Waals surface area contributed by atoms with Crippen molar-refractivity contribution in [1.29, 1.82) is 0 Å². The van der Waals surface area contributed by atoms with Gasteiger partial charge in [0.15, 0.2) is 0 Å². The van der Waals surface area contributed by atoms with Crippen molar-refractivity contribution in [2.24, 2.45) is 5.92 Å². The van der Waals surface area contributed by atoms with Gasteiger partial charge in [-0.05, 0) is 27.1 Å². The Morgan fingerprint density at radius 3 is 2.29 bits per heavy atom. The summed E-state index contributed by atoms with van der Waals surface area (Å²) >= 11 is 0. The van der Waals surface area contributed by atoms with Crippen molar-refractivity contribution < 1.29 is 4.79 Å². The zero-order chi connectivity index (χ0) is 13.3. The van der Waals surface area contributed by atoms with E-state index in [2.05, 4.69) is 24.1 Å². The van der Waals surface area contributed by atoms with Crippen molar-refractivity contribution in [3.8, 4) is 0 Å². The zero-order valence-electron chi connectivity index (χ0n) is 12.1. The summed E-state index contributed by atoms with van der Waals surface area (Å²) in [4.78, 5) is 16.3. The van der Waals surface area contributed by atoms with E-state index in [1.54, 1.807) is 0 Å². The zero-order valence-corrected chi connectivity index (χ0v) is 12.1. The van der Waals surface area contributed by atoms with Crippen LogP contribution in [0.4, 0.5) is 0 Å². The van der Waals surface area contributed by atoms with Crippen molar-refractivity contribution in [2.75, 3.05) is 46.8 Å². The number of carbonyl (C=O) groups is 1. The summed E-state index contributed by atoms with van der Waals surface area (Å²) in [5.41, 5.74) is 0. The summed E-state index contributed by atoms with van der Waals surface area (Å²) in [7, 11) is 4.08. The van der Waals surface area contributed by atoms with Crippen molar-refractivity contribution in [1.82, 2.24) is 15.1 Å². The van der Waals surface area contributed by atoms with Crippen molar-refractivity contribution in [3.63, 3.8) is 0 Å². The highest BCUT2D eigenvalue weighted by molar-refractivity contribution is 5.78. The fraction of sp³-hybridized carbons (Fsp3) is 0.923. The SMILES string of the molecule is CCCN(CCN(C)C)C(=O)C(C)CNCC. The highest BCUT2D eigenvalue weighted by Gasteiger charge is 2.19. The fourth-order valence-electron chi connectivity index (χ4n) is 1.68. The number of amides is 1. The van der Waals surface area contributed by atoms with Gasteiger partial charge in [0.05, 0.1) is 0 Å². The van der Waals surface area contributed by atoms with Gasteiger partial charge >= 0.3 is 0 Å². The molecule has 0 spiro atoms. The number of rotatable bonds is 9. The van der Waals surface area contributed by atoms with E-state index in [0.29, 0.717) is 0 Å². The maximum Gasteiger partial charge on any atom is 0.226 e. The second-order valence-corrected chi connectivity index (χ2v) is 4.84. The summed E-state index contributed by atoms with van der Waals surface area (Å²) in [6, 6.07) is 0. The highest BCUT2D eigenvalue weighted by Crippen LogP contribution is 2.03. The Morgan fingerprint density at radius 2 is 1.82 bits per heavy atom. The average molecular weight is 243 g/mol. The third-order valence-corrected chi connectivity index (χ3v) is 2.74. The lowest BCUT2D eigenvalue weighted by molar-refractivity contribution is -0.135. The molecule has 0 aliphatic carbocycles. The summed E-state index contributed by atoms with van der Waals surface area (Å²) in [6.45, 7) is 10.5. The monoisotopic (exact) mass is 243 g/mol. The van der Waals surface area contributed by atoms with Crippen LogP contribution in [0.5, 0.6) is 0 Å². The summed E-state index contributed by atoms with van der Waals surface area (Å²) in [6.07, 6.45) is 1.02. The quantitative estimate of drug-likeness (QED) is 0.657. The molecule has 1 amide bonds. The van der Waals surface area contributed by atoms with Gasteiger partial charge in [0.1, 0.15) is 0 Å². The van der Waals surface area contributed by atoms with E-state index in [0.717, 1.165) is 39.1 Å². The Labute approximate surface area is 106 Å². The lowest BCUT2D eigenvalue weighted by atomic mass is 10.1. The minimum Gasteiger partial charge on any atom is -0.341 e. The lowest BCUT2D eigenvalue weighted by Crippen LogP contribution is -2.42. The summed E-state index contributed by atoms with van der Waals surface area (Å²) in [5.74, 6) is 0.346. The Balaban J connectivity index is 4.21. The molecular weight excluding hydrogens is 214 g/mol. The van der Waals surface area contributed by atoms with Gasteiger partial charge in [-0.25, -0.2) is 0 Å². The second-order valence-electron chi connectivity index (χ2n) is 4.84. The number of nitrogens with zero attached hydrogens (tertiary/aromatic N) is 2. The fourth-order valence-corrected chi connectivity index (χ4v) is 1.68. The molecule has 0 aromatic heterocycles. The van der Waals surface area contributed by atoms with Gasteiger partial charge in [0.2, 0.25) is 5.91 Å². The van der Waals surface area contributed by atoms with Gasteiger partial charge in [-0.1, -0.05) is 20.8 Å². The first-order chi connectivity index (χ1) is 8.02. The normalized spacial score (nSPS) is 12.8. The molecule has 4 nitrogen and oxygen atoms in total. The van der Waals surface area contributed by atoms with E-state index in [1.807, 2.05) is 25.9 Å². The molecule has 0 aliphatic rings. The van der Waals surface area contributed by atoms with Gasteiger partial charge in [-0.2, -0.15) is 0 Å². The predicted molar refractivity (Wildman–Crippen MR) is 73.1 cm³/mol. The van der Waals surface area contributed by atoms with E-state index >= 15 is 0 Å². The third-order valence-electron chi connectivity index (χ3n) is 2.74. The van der Waals surface area contributed by atoms with Crippen LogP contribution < -0.4 is 5.32 Å². The molecule has 0 aromatic rings. The van der Waals surface area contributed by atoms with E-state index in [4.69, 9.17) is 0 Å². The molecule has 0 saturated carbocycles. The Morgan fingerprint density at radius 1 is 1.18 bits per heavy atom. The minimum absolute atomic E-state index is 0.0728. The van der Waals surface area contributed by atoms with Crippen molar-refractivity contribution in [3.05, 3.63) is 0 Å². The number of likely N-dealkylation sites (N-methyl/N-ethyl adjacent to an activating group) is 1. The Hall–Kier alpha value is -0.610. The summed E-state index contributed by atoms with van der Waals surface area (Å²) < 4.78 is 0. The van der Waals surface area contributed by atoms with Gasteiger partial charge in [-0.3, -0.25) is 4.79 Å². The third kappa shape index (κ3) is 7.34. The molecule has 0 heterocycles. The average Bonchev–Trinajstić information content (AvgIpc) is 2.30. The van der Waals surface area contributed by atoms with Gasteiger partial charge < -0.3 is 15.1 Å². The molecule has 1 N–H and O–H groups in total. The maximum absolute atomic E-state index is 12.2. The van der Waals surface area contributed by atoms with Crippen molar-refractivity contribution in [2.45, 2.75) is 27.2 Å². The number of carbonyl (C=O) groups excluding carboxylic acids is 1. The molecule has 0 bridgehead atoms. The van der Waals surface area contributed by atoms with Gasteiger partial charge in [0.25, 0.3) is 0 Å². The molecule has 102 valence electrons. The largest absolute Gasteiger partial charge is 0.341 e. The molecule has 0 aromatic carbocycles. The first kappa shape index (κ1) is 16.4. The van der Waals surface area contributed by atoms with Crippen LogP contribution in [0.3, 0.4) is 0 Å². The standard InChI is InChI=1S/C13H29N3O/c1-6-8-16(10-9-15(4)5)13(17)12(3)11-14-7-2/h12,14H,6-11H2,1-5H3. The van der Waals surface area contributed by atoms with E-state index in [1.165, 1.54) is 0 Å². The topological polar surface area (TPSA) is 35.6 Å². The van der Waals surface area contributed by atoms with Crippen molar-refractivity contribution >= 4 is 5.91 Å². The van der Waals surface area contributed by atoms with Crippen LogP contribution in [0.25, 0.3) is 0 Å². The second kappa shape index (κ2) is 9.42. The molecule has 17 heavy (non-hydrogen) atoms. The lowest BCUT2D eigenvalue weighted by Gasteiger charge is -2.27. The number of hydrogen-bond donors (Lipinski definition) is 1. The molecule has 0 rings (SSSR count). The minimum atomic E-state index is 0.0728. The molecular formula is C13H29N3O. The van der Waals surface area contributed by atoms with Crippen LogP contribution in [-0.2, 0) is 4.79 Å². The molecule has 0 radical (unpaired) electrons. The van der Waals surface area contributed by atoms with Gasteiger partial charge in [-0.15, -0.1) is 0 Å². The maximum atomic E-state index is 12.2. The highest BCUT2D eigenvalue weighted by atomic mass is 16.2. The number of hydrogen-bond acceptors (Lipinski definition) is 3. The van der Waals surface area contributed by atoms with Crippen LogP contribution in [-0.4, -0.2) is 62.5 Å². The van der Waals surface area contributed by atoms with E-state index in [9.17, 15) is 4.79 Å². The predicted octanol–water partition coefficient (Wildman–Crippen LogP) is 1.03. The van der Waals surface area contributed by atoms with E-state index in [-0.39, 0.29) is 11.8 Å². The van der Waals surface area contributed by atoms with E-state index < -0.39 is 0 Å². The van der Waals surface area contributed by atoms with Crippen LogP contribution in [0, 0.1) is 5.92 Å². The smallest absolute Gasteiger partial charge is 0.226 e. The molecule has 4 heteroatoms. The molecule has 0 saturated heterocycles. The first-order valence-corrected chi connectivity index (χ1v) is 6.67. The van der Waals surface area contributed by atoms with Crippen LogP contribution in [0.1, 0.15) is 27.2 Å². The van der Waals surface area contributed by atoms with Crippen LogP contribution >= 0.6 is 0 Å². The number of nitrogens with one attached hydrogen (secondary N) is 1. The van der Waals surface area contributed by atoms with Crippen LogP contribution in [0.15, 0.2) is 0 Å².